The van der Waals surface area contributed by atoms with Crippen molar-refractivity contribution in [3.8, 4) is 5.75 Å². The first-order valence-corrected chi connectivity index (χ1v) is 11.2. The predicted molar refractivity (Wildman–Crippen MR) is 96.9 cm³/mol. The number of sulfonamides is 1. The quantitative estimate of drug-likeness (QED) is 0.260. The first-order valence-electron chi connectivity index (χ1n) is 8.33. The van der Waals surface area contributed by atoms with Gasteiger partial charge >= 0.3 is 27.2 Å². The zero-order valence-corrected chi connectivity index (χ0v) is 18.4. The summed E-state index contributed by atoms with van der Waals surface area (Å²) in [5.74, 6) is -24.3. The maximum atomic E-state index is 14.1. The van der Waals surface area contributed by atoms with E-state index in [9.17, 15) is 57.6 Å². The molecule has 0 bridgehead atoms. The van der Waals surface area contributed by atoms with Crippen molar-refractivity contribution >= 4 is 37.5 Å². The van der Waals surface area contributed by atoms with Gasteiger partial charge in [-0.25, -0.2) is 13.1 Å². The van der Waals surface area contributed by atoms with Gasteiger partial charge in [-0.2, -0.15) is 34.8 Å². The van der Waals surface area contributed by atoms with Crippen LogP contribution in [0, 0.1) is 5.92 Å². The molecule has 0 heterocycles. The number of nitrogens with one attached hydrogen (secondary N) is 1. The van der Waals surface area contributed by atoms with E-state index in [1.807, 2.05) is 4.72 Å². The number of ketones is 3. The summed E-state index contributed by atoms with van der Waals surface area (Å²) in [6, 6.07) is 2.13. The molecule has 0 aliphatic carbocycles. The van der Waals surface area contributed by atoms with Crippen molar-refractivity contribution in [3.05, 3.63) is 24.3 Å². The summed E-state index contributed by atoms with van der Waals surface area (Å²) in [4.78, 5) is 33.6. The third-order valence-electron chi connectivity index (χ3n) is 4.07. The molecular formula is C16H15F6NO8S2. The highest BCUT2D eigenvalue weighted by Crippen LogP contribution is 2.50. The van der Waals surface area contributed by atoms with Gasteiger partial charge in [0.2, 0.25) is 15.8 Å². The second-order valence-corrected chi connectivity index (χ2v) is 9.87. The molecule has 0 fully saturated rings. The Morgan fingerprint density at radius 1 is 0.879 bits per heavy atom. The van der Waals surface area contributed by atoms with Gasteiger partial charge in [0.1, 0.15) is 23.2 Å². The fourth-order valence-corrected chi connectivity index (χ4v) is 3.94. The highest BCUT2D eigenvalue weighted by atomic mass is 32.2. The summed E-state index contributed by atoms with van der Waals surface area (Å²) in [6.45, 7) is 0.766. The maximum Gasteiger partial charge on any atom is 0.449 e. The number of rotatable bonds is 11. The van der Waals surface area contributed by atoms with Crippen LogP contribution in [0.15, 0.2) is 29.2 Å². The molecule has 0 radical (unpaired) electrons. The molecule has 9 nitrogen and oxygen atoms in total. The van der Waals surface area contributed by atoms with Crippen molar-refractivity contribution in [2.45, 2.75) is 35.8 Å². The maximum absolute atomic E-state index is 14.1. The minimum Gasteiger partial charge on any atom is -0.378 e. The van der Waals surface area contributed by atoms with Gasteiger partial charge in [-0.1, -0.05) is 0 Å². The molecule has 0 aromatic heterocycles. The highest BCUT2D eigenvalue weighted by molar-refractivity contribution is 7.89. The normalized spacial score (nSPS) is 13.6. The standard InChI is InChI=1S/C16H15F6NO8S2/c1-8(24)12(9(2)25)13(26)14(17,18)15(19,20)16(21,22)33(29,30)31-10-4-6-11(7-5-10)32(27,28)23-3/h4-7,12,23H,1-3H3. The van der Waals surface area contributed by atoms with Gasteiger partial charge in [0.05, 0.1) is 4.90 Å². The number of benzene rings is 1. The molecule has 0 atom stereocenters. The average Bonchev–Trinajstić information content (AvgIpc) is 2.66. The van der Waals surface area contributed by atoms with Crippen molar-refractivity contribution in [2.75, 3.05) is 7.05 Å². The molecule has 0 spiro atoms. The second-order valence-electron chi connectivity index (χ2n) is 6.40. The lowest BCUT2D eigenvalue weighted by atomic mass is 9.89. The number of carbonyl (C=O) groups is 3. The van der Waals surface area contributed by atoms with Gasteiger partial charge in [-0.05, 0) is 45.2 Å². The molecule has 1 aromatic carbocycles. The fraction of sp³-hybridized carbons (Fsp3) is 0.438. The second kappa shape index (κ2) is 9.02. The lowest BCUT2D eigenvalue weighted by Crippen LogP contribution is -2.63. The Balaban J connectivity index is 3.41. The highest BCUT2D eigenvalue weighted by Gasteiger charge is 2.81. The third-order valence-corrected chi connectivity index (χ3v) is 6.79. The van der Waals surface area contributed by atoms with Gasteiger partial charge < -0.3 is 4.18 Å². The van der Waals surface area contributed by atoms with E-state index in [1.165, 1.54) is 0 Å². The summed E-state index contributed by atoms with van der Waals surface area (Å²) in [7, 11) is -10.0. The predicted octanol–water partition coefficient (Wildman–Crippen LogP) is 1.53. The van der Waals surface area contributed by atoms with Gasteiger partial charge in [0, 0.05) is 0 Å². The summed E-state index contributed by atoms with van der Waals surface area (Å²) in [5.41, 5.74) is 0. The Bertz CT molecular complexity index is 1150. The molecule has 0 aliphatic heterocycles. The van der Waals surface area contributed by atoms with E-state index >= 15 is 0 Å². The van der Waals surface area contributed by atoms with Crippen LogP contribution in [0.4, 0.5) is 26.3 Å². The smallest absolute Gasteiger partial charge is 0.378 e. The van der Waals surface area contributed by atoms with E-state index in [4.69, 9.17) is 0 Å². The van der Waals surface area contributed by atoms with Crippen LogP contribution in [0.2, 0.25) is 0 Å². The first kappa shape index (κ1) is 28.5. The zero-order chi connectivity index (χ0) is 26.2. The van der Waals surface area contributed by atoms with Crippen molar-refractivity contribution < 1.29 is 61.7 Å². The Hall–Kier alpha value is -2.53. The van der Waals surface area contributed by atoms with Gasteiger partial charge in [0.25, 0.3) is 0 Å². The van der Waals surface area contributed by atoms with Crippen molar-refractivity contribution in [3.63, 3.8) is 0 Å². The van der Waals surface area contributed by atoms with Gasteiger partial charge in [-0.15, -0.1) is 0 Å². The summed E-state index contributed by atoms with van der Waals surface area (Å²) in [6.07, 6.45) is 0. The molecule has 0 saturated heterocycles. The minimum absolute atomic E-state index is 0.383. The average molecular weight is 527 g/mol. The van der Waals surface area contributed by atoms with Crippen LogP contribution in [-0.4, -0.2) is 58.3 Å². The molecule has 0 aliphatic rings. The van der Waals surface area contributed by atoms with E-state index in [-0.39, 0.29) is 0 Å². The number of Topliss-reactive ketones (excluding diaryl/α,β-unsaturated/α-hetero) is 3. The van der Waals surface area contributed by atoms with Crippen LogP contribution in [0.1, 0.15) is 13.8 Å². The Morgan fingerprint density at radius 3 is 1.67 bits per heavy atom. The SMILES string of the molecule is CNS(=O)(=O)c1ccc(OS(=O)(=O)C(F)(F)C(F)(F)C(F)(F)C(=O)C(C(C)=O)C(C)=O)cc1. The van der Waals surface area contributed by atoms with Crippen LogP contribution in [0.3, 0.4) is 0 Å². The molecule has 1 N–H and O–H groups in total. The van der Waals surface area contributed by atoms with Crippen molar-refractivity contribution in [1.29, 1.82) is 0 Å². The Labute approximate surface area is 183 Å². The van der Waals surface area contributed by atoms with E-state index in [1.54, 1.807) is 0 Å². The zero-order valence-electron chi connectivity index (χ0n) is 16.7. The number of hydrogen-bond acceptors (Lipinski definition) is 8. The van der Waals surface area contributed by atoms with Crippen LogP contribution in [0.25, 0.3) is 0 Å². The molecule has 17 heteroatoms. The Kier molecular flexibility index (Phi) is 7.79. The number of carbonyl (C=O) groups excluding carboxylic acids is 3. The van der Waals surface area contributed by atoms with Crippen molar-refractivity contribution in [1.82, 2.24) is 4.72 Å². The topological polar surface area (TPSA) is 141 Å². The van der Waals surface area contributed by atoms with E-state index in [2.05, 4.69) is 4.18 Å². The van der Waals surface area contributed by atoms with Gasteiger partial charge in [0.15, 0.2) is 0 Å². The van der Waals surface area contributed by atoms with Gasteiger partial charge in [-0.3, -0.25) is 14.4 Å². The molecule has 0 amide bonds. The van der Waals surface area contributed by atoms with E-state index in [0.717, 1.165) is 7.05 Å². The molecular weight excluding hydrogens is 512 g/mol. The number of alkyl halides is 6. The van der Waals surface area contributed by atoms with Crippen molar-refractivity contribution in [2.24, 2.45) is 5.92 Å². The summed E-state index contributed by atoms with van der Waals surface area (Å²) >= 11 is 0. The summed E-state index contributed by atoms with van der Waals surface area (Å²) < 4.78 is 137. The lowest BCUT2D eigenvalue weighted by molar-refractivity contribution is -0.269. The minimum atomic E-state index is -6.98. The lowest BCUT2D eigenvalue weighted by Gasteiger charge is -2.31. The van der Waals surface area contributed by atoms with E-state index < -0.39 is 71.2 Å². The Morgan fingerprint density at radius 2 is 1.30 bits per heavy atom. The molecule has 186 valence electrons. The molecule has 1 aromatic rings. The largest absolute Gasteiger partial charge is 0.449 e. The summed E-state index contributed by atoms with van der Waals surface area (Å²) in [5, 5.41) is -6.76. The van der Waals surface area contributed by atoms with Crippen LogP contribution in [0.5, 0.6) is 5.75 Å². The monoisotopic (exact) mass is 527 g/mol. The molecule has 0 saturated carbocycles. The number of halogens is 6. The van der Waals surface area contributed by atoms with Crippen LogP contribution >= 0.6 is 0 Å². The molecule has 0 unspecified atom stereocenters. The molecule has 33 heavy (non-hydrogen) atoms. The first-order chi connectivity index (χ1) is 14.7. The van der Waals surface area contributed by atoms with Crippen LogP contribution < -0.4 is 8.91 Å². The van der Waals surface area contributed by atoms with E-state index in [0.29, 0.717) is 38.1 Å². The number of hydrogen-bond donors (Lipinski definition) is 1. The van der Waals surface area contributed by atoms with Crippen LogP contribution in [-0.2, 0) is 34.5 Å². The third kappa shape index (κ3) is 5.03. The fourth-order valence-electron chi connectivity index (χ4n) is 2.30. The molecule has 1 rings (SSSR count).